The fourth-order valence-electron chi connectivity index (χ4n) is 4.85. The first-order valence-corrected chi connectivity index (χ1v) is 13.6. The summed E-state index contributed by atoms with van der Waals surface area (Å²) in [5.74, 6) is 2.11. The van der Waals surface area contributed by atoms with E-state index >= 15 is 0 Å². The first kappa shape index (κ1) is 27.1. The van der Waals surface area contributed by atoms with Crippen molar-refractivity contribution >= 4 is 16.8 Å². The summed E-state index contributed by atoms with van der Waals surface area (Å²) in [6, 6.07) is 26.0. The highest BCUT2D eigenvalue weighted by Crippen LogP contribution is 2.26. The molecule has 5 rings (SSSR count). The van der Waals surface area contributed by atoms with Gasteiger partial charge in [-0.25, -0.2) is 0 Å². The second kappa shape index (κ2) is 11.8. The summed E-state index contributed by atoms with van der Waals surface area (Å²) >= 11 is 0. The number of para-hydroxylation sites is 1. The number of aryl methyl sites for hydroxylation is 2. The van der Waals surface area contributed by atoms with Crippen LogP contribution in [-0.2, 0) is 30.6 Å². The van der Waals surface area contributed by atoms with Crippen LogP contribution in [0.25, 0.3) is 10.9 Å². The van der Waals surface area contributed by atoms with Crippen LogP contribution in [0, 0.1) is 0 Å². The molecular formula is C32H36N6O2. The summed E-state index contributed by atoms with van der Waals surface area (Å²) in [5.41, 5.74) is 9.60. The van der Waals surface area contributed by atoms with Gasteiger partial charge in [0.1, 0.15) is 11.6 Å². The molecule has 0 saturated heterocycles. The summed E-state index contributed by atoms with van der Waals surface area (Å²) in [6.07, 6.45) is 4.07. The van der Waals surface area contributed by atoms with Crippen molar-refractivity contribution in [1.29, 1.82) is 0 Å². The molecule has 0 aliphatic heterocycles. The van der Waals surface area contributed by atoms with Gasteiger partial charge in [0.05, 0.1) is 25.2 Å². The lowest BCUT2D eigenvalue weighted by atomic mass is 10.0. The largest absolute Gasteiger partial charge is 0.497 e. The van der Waals surface area contributed by atoms with Crippen molar-refractivity contribution < 1.29 is 9.53 Å². The highest BCUT2D eigenvalue weighted by Gasteiger charge is 2.29. The molecule has 2 aromatic heterocycles. The molecule has 1 amide bonds. The third-order valence-corrected chi connectivity index (χ3v) is 7.14. The van der Waals surface area contributed by atoms with Gasteiger partial charge in [-0.1, -0.05) is 60.7 Å². The Labute approximate surface area is 234 Å². The number of carbonyl (C=O) groups is 1. The van der Waals surface area contributed by atoms with Crippen LogP contribution in [0.3, 0.4) is 0 Å². The fourth-order valence-corrected chi connectivity index (χ4v) is 4.85. The second-order valence-electron chi connectivity index (χ2n) is 10.7. The number of hydrogen-bond donors (Lipinski definition) is 3. The van der Waals surface area contributed by atoms with Crippen molar-refractivity contribution in [1.82, 2.24) is 25.1 Å². The topological polar surface area (TPSA) is 111 Å². The number of methoxy groups -OCH3 is 1. The lowest BCUT2D eigenvalue weighted by Crippen LogP contribution is -2.50. The van der Waals surface area contributed by atoms with Gasteiger partial charge in [0, 0.05) is 29.9 Å². The molecule has 3 aromatic carbocycles. The van der Waals surface area contributed by atoms with Gasteiger partial charge in [-0.3, -0.25) is 4.79 Å². The standard InChI is InChI=1S/C32H36N6O2/c1-32(2,33)31(39)35-28(19-24-20-34-27-12-8-7-11-26(24)27)30-37-36-29(18-15-22-9-5-4-6-10-22)38(30)21-23-13-16-25(40-3)17-14-23/h4-14,16-17,20,28,34H,15,18-19,21,33H2,1-3H3,(H,35,39). The molecule has 0 bridgehead atoms. The fraction of sp³-hybridized carbons (Fsp3) is 0.281. The lowest BCUT2D eigenvalue weighted by Gasteiger charge is -2.25. The maximum Gasteiger partial charge on any atom is 0.240 e. The van der Waals surface area contributed by atoms with Crippen LogP contribution < -0.4 is 15.8 Å². The van der Waals surface area contributed by atoms with E-state index in [0.717, 1.165) is 40.0 Å². The SMILES string of the molecule is COc1ccc(Cn2c(CCc3ccccc3)nnc2C(Cc2c[nH]c3ccccc23)NC(=O)C(C)(C)N)cc1. The summed E-state index contributed by atoms with van der Waals surface area (Å²) in [5, 5.41) is 13.6. The van der Waals surface area contributed by atoms with Crippen LogP contribution in [0.5, 0.6) is 5.75 Å². The number of fused-ring (bicyclic) bond motifs is 1. The number of H-pyrrole nitrogens is 1. The molecule has 5 aromatic rings. The van der Waals surface area contributed by atoms with E-state index in [2.05, 4.69) is 43.3 Å². The molecule has 2 heterocycles. The average molecular weight is 537 g/mol. The molecule has 206 valence electrons. The van der Waals surface area contributed by atoms with Gasteiger partial charge in [-0.15, -0.1) is 10.2 Å². The molecule has 1 unspecified atom stereocenters. The minimum absolute atomic E-state index is 0.248. The van der Waals surface area contributed by atoms with E-state index in [4.69, 9.17) is 10.5 Å². The zero-order chi connectivity index (χ0) is 28.1. The molecule has 0 spiro atoms. The molecule has 4 N–H and O–H groups in total. The summed E-state index contributed by atoms with van der Waals surface area (Å²) in [4.78, 5) is 16.5. The molecule has 8 nitrogen and oxygen atoms in total. The zero-order valence-corrected chi connectivity index (χ0v) is 23.2. The number of carbonyl (C=O) groups excluding carboxylic acids is 1. The molecule has 0 aliphatic carbocycles. The first-order valence-electron chi connectivity index (χ1n) is 13.6. The van der Waals surface area contributed by atoms with Gasteiger partial charge in [-0.2, -0.15) is 0 Å². The summed E-state index contributed by atoms with van der Waals surface area (Å²) in [6.45, 7) is 3.97. The Balaban J connectivity index is 1.53. The van der Waals surface area contributed by atoms with Crippen molar-refractivity contribution in [3.05, 3.63) is 113 Å². The zero-order valence-electron chi connectivity index (χ0n) is 23.2. The predicted molar refractivity (Wildman–Crippen MR) is 157 cm³/mol. The second-order valence-corrected chi connectivity index (χ2v) is 10.7. The third-order valence-electron chi connectivity index (χ3n) is 7.14. The number of rotatable bonds is 11. The van der Waals surface area contributed by atoms with Crippen LogP contribution in [0.15, 0.2) is 85.1 Å². The molecule has 0 radical (unpaired) electrons. The minimum Gasteiger partial charge on any atom is -0.497 e. The van der Waals surface area contributed by atoms with E-state index in [9.17, 15) is 4.79 Å². The quantitative estimate of drug-likeness (QED) is 0.226. The Bertz CT molecular complexity index is 1560. The van der Waals surface area contributed by atoms with Gasteiger partial charge >= 0.3 is 0 Å². The molecule has 0 fully saturated rings. The number of benzene rings is 3. The molecule has 40 heavy (non-hydrogen) atoms. The number of ether oxygens (including phenoxy) is 1. The minimum atomic E-state index is -1.05. The molecule has 0 saturated carbocycles. The summed E-state index contributed by atoms with van der Waals surface area (Å²) in [7, 11) is 1.66. The molecule has 1 atom stereocenters. The summed E-state index contributed by atoms with van der Waals surface area (Å²) < 4.78 is 7.49. The maximum atomic E-state index is 13.2. The van der Waals surface area contributed by atoms with Crippen LogP contribution >= 0.6 is 0 Å². The number of nitrogens with one attached hydrogen (secondary N) is 2. The predicted octanol–water partition coefficient (Wildman–Crippen LogP) is 4.74. The highest BCUT2D eigenvalue weighted by molar-refractivity contribution is 5.86. The van der Waals surface area contributed by atoms with Crippen molar-refractivity contribution in [2.45, 2.75) is 51.2 Å². The van der Waals surface area contributed by atoms with Crippen LogP contribution in [-0.4, -0.2) is 38.3 Å². The highest BCUT2D eigenvalue weighted by atomic mass is 16.5. The Morgan fingerprint density at radius 1 is 0.975 bits per heavy atom. The number of nitrogens with two attached hydrogens (primary N) is 1. The number of hydrogen-bond acceptors (Lipinski definition) is 5. The van der Waals surface area contributed by atoms with Crippen LogP contribution in [0.4, 0.5) is 0 Å². The molecule has 0 aliphatic rings. The van der Waals surface area contributed by atoms with Gasteiger partial charge in [-0.05, 0) is 55.2 Å². The van der Waals surface area contributed by atoms with Gasteiger partial charge < -0.3 is 25.3 Å². The van der Waals surface area contributed by atoms with E-state index in [1.807, 2.05) is 66.9 Å². The van der Waals surface area contributed by atoms with E-state index in [1.165, 1.54) is 5.56 Å². The smallest absolute Gasteiger partial charge is 0.240 e. The number of nitrogens with zero attached hydrogens (tertiary/aromatic N) is 3. The lowest BCUT2D eigenvalue weighted by molar-refractivity contribution is -0.126. The van der Waals surface area contributed by atoms with Crippen molar-refractivity contribution in [3.8, 4) is 5.75 Å². The van der Waals surface area contributed by atoms with Crippen molar-refractivity contribution in [2.24, 2.45) is 5.73 Å². The van der Waals surface area contributed by atoms with Crippen molar-refractivity contribution in [2.75, 3.05) is 7.11 Å². The third kappa shape index (κ3) is 6.24. The number of aromatic nitrogens is 4. The molecular weight excluding hydrogens is 500 g/mol. The van der Waals surface area contributed by atoms with E-state index in [1.54, 1.807) is 21.0 Å². The Kier molecular flexibility index (Phi) is 7.98. The van der Waals surface area contributed by atoms with Gasteiger partial charge in [0.15, 0.2) is 5.82 Å². The Hall–Kier alpha value is -4.43. The maximum absolute atomic E-state index is 13.2. The molecule has 8 heteroatoms. The van der Waals surface area contributed by atoms with E-state index < -0.39 is 11.6 Å². The van der Waals surface area contributed by atoms with Crippen LogP contribution in [0.2, 0.25) is 0 Å². The Morgan fingerprint density at radius 3 is 2.42 bits per heavy atom. The van der Waals surface area contributed by atoms with Gasteiger partial charge in [0.2, 0.25) is 5.91 Å². The van der Waals surface area contributed by atoms with Crippen molar-refractivity contribution in [3.63, 3.8) is 0 Å². The number of aromatic amines is 1. The van der Waals surface area contributed by atoms with E-state index in [0.29, 0.717) is 25.2 Å². The average Bonchev–Trinajstić information content (AvgIpc) is 3.56. The Morgan fingerprint density at radius 2 is 1.70 bits per heavy atom. The van der Waals surface area contributed by atoms with E-state index in [-0.39, 0.29) is 5.91 Å². The van der Waals surface area contributed by atoms with Crippen LogP contribution in [0.1, 0.15) is 48.2 Å². The normalized spacial score (nSPS) is 12.4. The van der Waals surface area contributed by atoms with Gasteiger partial charge in [0.25, 0.3) is 0 Å². The monoisotopic (exact) mass is 536 g/mol. The number of amides is 1. The first-order chi connectivity index (χ1) is 19.3.